The molecule has 0 amide bonds. The van der Waals surface area contributed by atoms with Crippen LogP contribution in [-0.2, 0) is 7.05 Å². The summed E-state index contributed by atoms with van der Waals surface area (Å²) in [4.78, 5) is 4.32. The molecule has 2 rings (SSSR count). The van der Waals surface area contributed by atoms with E-state index in [1.165, 1.54) is 12.8 Å². The summed E-state index contributed by atoms with van der Waals surface area (Å²) in [6.07, 6.45) is 8.66. The maximum absolute atomic E-state index is 5.97. The molecule has 0 aliphatic heterocycles. The van der Waals surface area contributed by atoms with Crippen LogP contribution < -0.4 is 11.1 Å². The van der Waals surface area contributed by atoms with Crippen molar-refractivity contribution in [2.45, 2.75) is 38.1 Å². The van der Waals surface area contributed by atoms with Crippen LogP contribution in [0.4, 0.5) is 5.95 Å². The van der Waals surface area contributed by atoms with E-state index in [0.717, 1.165) is 24.7 Å². The van der Waals surface area contributed by atoms with Crippen LogP contribution in [0.25, 0.3) is 0 Å². The molecule has 0 aromatic carbocycles. The van der Waals surface area contributed by atoms with Crippen molar-refractivity contribution in [1.82, 2.24) is 9.55 Å². The molecule has 0 saturated heterocycles. The predicted molar refractivity (Wildman–Crippen MR) is 66.2 cm³/mol. The number of hydrogen-bond acceptors (Lipinski definition) is 3. The van der Waals surface area contributed by atoms with E-state index in [0.29, 0.717) is 6.54 Å². The van der Waals surface area contributed by atoms with Crippen molar-refractivity contribution in [3.8, 4) is 0 Å². The van der Waals surface area contributed by atoms with Gasteiger partial charge in [-0.05, 0) is 18.8 Å². The normalized spacial score (nSPS) is 30.3. The third kappa shape index (κ3) is 2.21. The van der Waals surface area contributed by atoms with Crippen molar-refractivity contribution in [1.29, 1.82) is 0 Å². The van der Waals surface area contributed by atoms with Crippen LogP contribution in [-0.4, -0.2) is 21.6 Å². The van der Waals surface area contributed by atoms with E-state index >= 15 is 0 Å². The lowest BCUT2D eigenvalue weighted by Crippen LogP contribution is -2.49. The van der Waals surface area contributed by atoms with Gasteiger partial charge in [0.25, 0.3) is 0 Å². The molecule has 4 heteroatoms. The van der Waals surface area contributed by atoms with Gasteiger partial charge in [0.15, 0.2) is 0 Å². The van der Waals surface area contributed by atoms with E-state index in [1.54, 1.807) is 0 Å². The molecule has 3 N–H and O–H groups in total. The Morgan fingerprint density at radius 3 is 3.06 bits per heavy atom. The highest BCUT2D eigenvalue weighted by atomic mass is 15.2. The van der Waals surface area contributed by atoms with Gasteiger partial charge in [-0.1, -0.05) is 19.8 Å². The van der Waals surface area contributed by atoms with Crippen molar-refractivity contribution in [3.05, 3.63) is 12.4 Å². The van der Waals surface area contributed by atoms with Gasteiger partial charge in [-0.15, -0.1) is 0 Å². The molecular formula is C12H22N4. The average Bonchev–Trinajstić information content (AvgIpc) is 2.64. The minimum absolute atomic E-state index is 0.0524. The van der Waals surface area contributed by atoms with Gasteiger partial charge in [0.2, 0.25) is 5.95 Å². The number of nitrogens with one attached hydrogen (secondary N) is 1. The van der Waals surface area contributed by atoms with Gasteiger partial charge >= 0.3 is 0 Å². The number of anilines is 1. The van der Waals surface area contributed by atoms with E-state index < -0.39 is 0 Å². The quantitative estimate of drug-likeness (QED) is 0.819. The largest absolute Gasteiger partial charge is 0.349 e. The Bertz CT molecular complexity index is 347. The first-order valence-electron chi connectivity index (χ1n) is 6.11. The molecule has 1 aliphatic carbocycles. The van der Waals surface area contributed by atoms with Crippen molar-refractivity contribution >= 4 is 5.95 Å². The number of nitrogens with zero attached hydrogens (tertiary/aromatic N) is 2. The molecule has 1 aliphatic rings. The van der Waals surface area contributed by atoms with Gasteiger partial charge in [0.1, 0.15) is 0 Å². The number of aryl methyl sites for hydroxylation is 1. The third-order valence-corrected chi connectivity index (χ3v) is 3.68. The van der Waals surface area contributed by atoms with Crippen LogP contribution in [0.2, 0.25) is 0 Å². The number of rotatable bonds is 3. The second-order valence-corrected chi connectivity index (χ2v) is 5.17. The first kappa shape index (κ1) is 11.5. The minimum Gasteiger partial charge on any atom is -0.349 e. The van der Waals surface area contributed by atoms with Crippen LogP contribution >= 0.6 is 0 Å². The molecule has 0 radical (unpaired) electrons. The van der Waals surface area contributed by atoms with Gasteiger partial charge < -0.3 is 15.6 Å². The Morgan fingerprint density at radius 1 is 1.69 bits per heavy atom. The van der Waals surface area contributed by atoms with Gasteiger partial charge in [-0.2, -0.15) is 0 Å². The highest BCUT2D eigenvalue weighted by Crippen LogP contribution is 2.33. The molecule has 4 nitrogen and oxygen atoms in total. The molecular weight excluding hydrogens is 200 g/mol. The number of nitrogens with two attached hydrogens (primary N) is 1. The second kappa shape index (κ2) is 4.45. The van der Waals surface area contributed by atoms with E-state index in [1.807, 2.05) is 24.0 Å². The Labute approximate surface area is 97.2 Å². The molecule has 1 fully saturated rings. The van der Waals surface area contributed by atoms with Gasteiger partial charge in [-0.25, -0.2) is 4.98 Å². The van der Waals surface area contributed by atoms with Gasteiger partial charge in [0.05, 0.1) is 5.54 Å². The van der Waals surface area contributed by atoms with Gasteiger partial charge in [0, 0.05) is 26.0 Å². The average molecular weight is 222 g/mol. The Morgan fingerprint density at radius 2 is 2.50 bits per heavy atom. The summed E-state index contributed by atoms with van der Waals surface area (Å²) in [7, 11) is 2.01. The lowest BCUT2D eigenvalue weighted by atomic mass is 9.76. The number of hydrogen-bond donors (Lipinski definition) is 2. The van der Waals surface area contributed by atoms with E-state index in [9.17, 15) is 0 Å². The zero-order valence-corrected chi connectivity index (χ0v) is 10.2. The SMILES string of the molecule is CC1CCCC(CN)(Nc2nccn2C)C1. The highest BCUT2D eigenvalue weighted by Gasteiger charge is 2.34. The molecule has 16 heavy (non-hydrogen) atoms. The molecule has 0 spiro atoms. The number of imidazole rings is 1. The molecule has 90 valence electrons. The summed E-state index contributed by atoms with van der Waals surface area (Å²) in [5.41, 5.74) is 6.02. The zero-order chi connectivity index (χ0) is 11.6. The van der Waals surface area contributed by atoms with Crippen LogP contribution in [0.1, 0.15) is 32.6 Å². The fourth-order valence-electron chi connectivity index (χ4n) is 2.73. The standard InChI is InChI=1S/C12H22N4/c1-10-4-3-5-12(8-10,9-13)15-11-14-6-7-16(11)2/h6-7,10H,3-5,8-9,13H2,1-2H3,(H,14,15). The number of aromatic nitrogens is 2. The Kier molecular flexibility index (Phi) is 3.19. The summed E-state index contributed by atoms with van der Waals surface area (Å²) in [6.45, 7) is 2.99. The molecule has 1 aromatic rings. The second-order valence-electron chi connectivity index (χ2n) is 5.17. The Hall–Kier alpha value is -1.03. The molecule has 2 unspecified atom stereocenters. The third-order valence-electron chi connectivity index (χ3n) is 3.68. The minimum atomic E-state index is 0.0524. The molecule has 2 atom stereocenters. The first-order chi connectivity index (χ1) is 7.65. The van der Waals surface area contributed by atoms with E-state index in [2.05, 4.69) is 17.2 Å². The zero-order valence-electron chi connectivity index (χ0n) is 10.2. The van der Waals surface area contributed by atoms with E-state index in [4.69, 9.17) is 5.73 Å². The van der Waals surface area contributed by atoms with Gasteiger partial charge in [-0.3, -0.25) is 0 Å². The molecule has 1 saturated carbocycles. The van der Waals surface area contributed by atoms with Crippen molar-refractivity contribution in [2.75, 3.05) is 11.9 Å². The van der Waals surface area contributed by atoms with E-state index in [-0.39, 0.29) is 5.54 Å². The molecule has 1 aromatic heterocycles. The van der Waals surface area contributed by atoms with Crippen LogP contribution in [0, 0.1) is 5.92 Å². The smallest absolute Gasteiger partial charge is 0.202 e. The lowest BCUT2D eigenvalue weighted by molar-refractivity contribution is 0.262. The van der Waals surface area contributed by atoms with Crippen LogP contribution in [0.3, 0.4) is 0 Å². The maximum atomic E-state index is 5.97. The fourth-order valence-corrected chi connectivity index (χ4v) is 2.73. The maximum Gasteiger partial charge on any atom is 0.202 e. The Balaban J connectivity index is 2.12. The summed E-state index contributed by atoms with van der Waals surface area (Å²) in [6, 6.07) is 0. The predicted octanol–water partition coefficient (Wildman–Crippen LogP) is 1.74. The van der Waals surface area contributed by atoms with Crippen molar-refractivity contribution < 1.29 is 0 Å². The fraction of sp³-hybridized carbons (Fsp3) is 0.750. The van der Waals surface area contributed by atoms with Crippen LogP contribution in [0.15, 0.2) is 12.4 Å². The van der Waals surface area contributed by atoms with Crippen molar-refractivity contribution in [2.24, 2.45) is 18.7 Å². The summed E-state index contributed by atoms with van der Waals surface area (Å²) in [5, 5.41) is 3.55. The topological polar surface area (TPSA) is 55.9 Å². The van der Waals surface area contributed by atoms with Crippen molar-refractivity contribution in [3.63, 3.8) is 0 Å². The lowest BCUT2D eigenvalue weighted by Gasteiger charge is -2.40. The summed E-state index contributed by atoms with van der Waals surface area (Å²) >= 11 is 0. The highest BCUT2D eigenvalue weighted by molar-refractivity contribution is 5.31. The molecule has 0 bridgehead atoms. The monoisotopic (exact) mass is 222 g/mol. The summed E-state index contributed by atoms with van der Waals surface area (Å²) in [5.74, 6) is 1.68. The molecule has 1 heterocycles. The summed E-state index contributed by atoms with van der Waals surface area (Å²) < 4.78 is 2.01. The first-order valence-corrected chi connectivity index (χ1v) is 6.11. The van der Waals surface area contributed by atoms with Crippen LogP contribution in [0.5, 0.6) is 0 Å².